The van der Waals surface area contributed by atoms with Crippen molar-refractivity contribution in [2.24, 2.45) is 5.73 Å². The van der Waals surface area contributed by atoms with E-state index in [1.54, 1.807) is 32.0 Å². The summed E-state index contributed by atoms with van der Waals surface area (Å²) in [6.07, 6.45) is -0.735. The number of anilines is 1. The summed E-state index contributed by atoms with van der Waals surface area (Å²) in [7, 11) is 0. The number of benzene rings is 1. The Balaban J connectivity index is 1.95. The Kier molecular flexibility index (Phi) is 4.22. The molecule has 3 N–H and O–H groups in total. The van der Waals surface area contributed by atoms with E-state index in [4.69, 9.17) is 15.0 Å². The Morgan fingerprint density at radius 1 is 1.33 bits per heavy atom. The maximum absolute atomic E-state index is 11.9. The van der Waals surface area contributed by atoms with Gasteiger partial charge in [0.05, 0.1) is 0 Å². The fraction of sp³-hybridized carbons (Fsp3) is 0.214. The topological polar surface area (TPSA) is 107 Å². The average Bonchev–Trinajstić information content (AvgIpc) is 2.84. The second kappa shape index (κ2) is 6.08. The van der Waals surface area contributed by atoms with Gasteiger partial charge < -0.3 is 20.3 Å². The second-order valence-corrected chi connectivity index (χ2v) is 4.46. The summed E-state index contributed by atoms with van der Waals surface area (Å²) in [6, 6.07) is 7.81. The Hall–Kier alpha value is -2.83. The Morgan fingerprint density at radius 3 is 2.52 bits per heavy atom. The largest absolute Gasteiger partial charge is 0.481 e. The minimum Gasteiger partial charge on any atom is -0.481 e. The lowest BCUT2D eigenvalue weighted by Gasteiger charge is -2.13. The lowest BCUT2D eigenvalue weighted by Crippen LogP contribution is -2.30. The van der Waals surface area contributed by atoms with Gasteiger partial charge in [-0.3, -0.25) is 9.59 Å². The highest BCUT2D eigenvalue weighted by Gasteiger charge is 2.16. The highest BCUT2D eigenvalue weighted by molar-refractivity contribution is 5.93. The molecule has 7 nitrogen and oxygen atoms in total. The molecule has 2 amide bonds. The Labute approximate surface area is 121 Å². The van der Waals surface area contributed by atoms with Gasteiger partial charge in [0.1, 0.15) is 11.5 Å². The number of amides is 2. The normalized spacial score (nSPS) is 11.7. The van der Waals surface area contributed by atoms with E-state index < -0.39 is 12.0 Å². The standard InChI is InChI=1S/C14H15N3O4/c1-8-7-12(17-21-8)16-14(19)9(2)20-11-5-3-10(4-6-11)13(15)18/h3-7,9H,1-2H3,(H2,15,18)(H,16,17,19)/t9-/m1/s1. The number of rotatable bonds is 5. The molecule has 7 heteroatoms. The monoisotopic (exact) mass is 289 g/mol. The van der Waals surface area contributed by atoms with Crippen LogP contribution in [-0.4, -0.2) is 23.1 Å². The Bertz CT molecular complexity index is 648. The maximum Gasteiger partial charge on any atom is 0.266 e. The number of aryl methyl sites for hydroxylation is 1. The Morgan fingerprint density at radius 2 is 2.00 bits per heavy atom. The van der Waals surface area contributed by atoms with Crippen LogP contribution in [0.25, 0.3) is 0 Å². The van der Waals surface area contributed by atoms with Crippen LogP contribution < -0.4 is 15.8 Å². The van der Waals surface area contributed by atoms with Crippen LogP contribution in [0, 0.1) is 6.92 Å². The van der Waals surface area contributed by atoms with Crippen LogP contribution >= 0.6 is 0 Å². The van der Waals surface area contributed by atoms with Crippen molar-refractivity contribution < 1.29 is 18.8 Å². The number of carbonyl (C=O) groups is 2. The van der Waals surface area contributed by atoms with Crippen LogP contribution in [0.4, 0.5) is 5.82 Å². The quantitative estimate of drug-likeness (QED) is 0.867. The van der Waals surface area contributed by atoms with Crippen molar-refractivity contribution in [3.8, 4) is 5.75 Å². The van der Waals surface area contributed by atoms with Crippen LogP contribution in [0.5, 0.6) is 5.75 Å². The average molecular weight is 289 g/mol. The molecular formula is C14H15N3O4. The van der Waals surface area contributed by atoms with Crippen LogP contribution in [0.2, 0.25) is 0 Å². The number of aromatic nitrogens is 1. The van der Waals surface area contributed by atoms with E-state index >= 15 is 0 Å². The first-order chi connectivity index (χ1) is 9.95. The summed E-state index contributed by atoms with van der Waals surface area (Å²) in [6.45, 7) is 3.33. The summed E-state index contributed by atoms with van der Waals surface area (Å²) >= 11 is 0. The van der Waals surface area contributed by atoms with E-state index in [1.807, 2.05) is 0 Å². The molecule has 2 rings (SSSR count). The molecule has 0 unspecified atom stereocenters. The fourth-order valence-corrected chi connectivity index (χ4v) is 1.61. The van der Waals surface area contributed by atoms with Crippen molar-refractivity contribution in [3.63, 3.8) is 0 Å². The molecule has 1 aromatic heterocycles. The van der Waals surface area contributed by atoms with Gasteiger partial charge in [-0.05, 0) is 38.1 Å². The van der Waals surface area contributed by atoms with Crippen molar-refractivity contribution in [1.29, 1.82) is 0 Å². The summed E-state index contributed by atoms with van der Waals surface area (Å²) in [5.41, 5.74) is 5.51. The molecule has 1 heterocycles. The molecule has 1 atom stereocenters. The van der Waals surface area contributed by atoms with Crippen molar-refractivity contribution >= 4 is 17.6 Å². The fourth-order valence-electron chi connectivity index (χ4n) is 1.61. The van der Waals surface area contributed by atoms with E-state index in [1.165, 1.54) is 12.1 Å². The number of nitrogens with zero attached hydrogens (tertiary/aromatic N) is 1. The van der Waals surface area contributed by atoms with Gasteiger partial charge in [-0.15, -0.1) is 0 Å². The predicted molar refractivity (Wildman–Crippen MR) is 74.9 cm³/mol. The zero-order valence-electron chi connectivity index (χ0n) is 11.6. The summed E-state index contributed by atoms with van der Waals surface area (Å²) < 4.78 is 10.3. The smallest absolute Gasteiger partial charge is 0.266 e. The summed E-state index contributed by atoms with van der Waals surface area (Å²) in [4.78, 5) is 22.9. The minimum absolute atomic E-state index is 0.331. The van der Waals surface area contributed by atoms with Crippen molar-refractivity contribution in [2.45, 2.75) is 20.0 Å². The maximum atomic E-state index is 11.9. The van der Waals surface area contributed by atoms with Crippen LogP contribution in [0.3, 0.4) is 0 Å². The van der Waals surface area contributed by atoms with Gasteiger partial charge in [0, 0.05) is 11.6 Å². The van der Waals surface area contributed by atoms with Gasteiger partial charge in [0.25, 0.3) is 5.91 Å². The van der Waals surface area contributed by atoms with Crippen molar-refractivity contribution in [3.05, 3.63) is 41.7 Å². The number of nitrogens with two attached hydrogens (primary N) is 1. The molecule has 110 valence electrons. The molecule has 2 aromatic rings. The second-order valence-electron chi connectivity index (χ2n) is 4.46. The lowest BCUT2D eigenvalue weighted by molar-refractivity contribution is -0.122. The van der Waals surface area contributed by atoms with E-state index in [9.17, 15) is 9.59 Å². The SMILES string of the molecule is Cc1cc(NC(=O)[C@@H](C)Oc2ccc(C(N)=O)cc2)no1. The van der Waals surface area contributed by atoms with E-state index in [0.29, 0.717) is 22.9 Å². The highest BCUT2D eigenvalue weighted by atomic mass is 16.5. The first kappa shape index (κ1) is 14.6. The lowest BCUT2D eigenvalue weighted by atomic mass is 10.2. The van der Waals surface area contributed by atoms with Crippen molar-refractivity contribution in [2.75, 3.05) is 5.32 Å². The van der Waals surface area contributed by atoms with Gasteiger partial charge in [0.15, 0.2) is 11.9 Å². The van der Waals surface area contributed by atoms with Gasteiger partial charge >= 0.3 is 0 Å². The molecule has 0 aliphatic rings. The van der Waals surface area contributed by atoms with Gasteiger partial charge in [-0.1, -0.05) is 5.16 Å². The van der Waals surface area contributed by atoms with E-state index in [2.05, 4.69) is 10.5 Å². The molecule has 0 fully saturated rings. The molecule has 0 bridgehead atoms. The molecular weight excluding hydrogens is 274 g/mol. The number of carbonyl (C=O) groups excluding carboxylic acids is 2. The molecule has 0 spiro atoms. The zero-order valence-corrected chi connectivity index (χ0v) is 11.6. The van der Waals surface area contributed by atoms with Gasteiger partial charge in [0.2, 0.25) is 5.91 Å². The molecule has 0 aliphatic carbocycles. The number of primary amides is 1. The van der Waals surface area contributed by atoms with Crippen LogP contribution in [0.1, 0.15) is 23.0 Å². The number of ether oxygens (including phenoxy) is 1. The third kappa shape index (κ3) is 3.82. The van der Waals surface area contributed by atoms with Crippen LogP contribution in [0.15, 0.2) is 34.9 Å². The third-order valence-electron chi connectivity index (χ3n) is 2.70. The first-order valence-electron chi connectivity index (χ1n) is 6.26. The number of nitrogens with one attached hydrogen (secondary N) is 1. The molecule has 0 saturated heterocycles. The highest BCUT2D eigenvalue weighted by Crippen LogP contribution is 2.15. The first-order valence-corrected chi connectivity index (χ1v) is 6.26. The molecule has 1 aromatic carbocycles. The number of hydrogen-bond acceptors (Lipinski definition) is 5. The zero-order chi connectivity index (χ0) is 15.4. The van der Waals surface area contributed by atoms with Crippen molar-refractivity contribution in [1.82, 2.24) is 5.16 Å². The minimum atomic E-state index is -0.735. The van der Waals surface area contributed by atoms with Crippen LogP contribution in [-0.2, 0) is 4.79 Å². The molecule has 0 radical (unpaired) electrons. The predicted octanol–water partition coefficient (Wildman–Crippen LogP) is 1.49. The summed E-state index contributed by atoms with van der Waals surface area (Å²) in [5.74, 6) is 0.507. The van der Waals surface area contributed by atoms with Gasteiger partial charge in [-0.2, -0.15) is 0 Å². The molecule has 0 aliphatic heterocycles. The third-order valence-corrected chi connectivity index (χ3v) is 2.70. The molecule has 0 saturated carbocycles. The van der Waals surface area contributed by atoms with E-state index in [-0.39, 0.29) is 5.91 Å². The number of hydrogen-bond donors (Lipinski definition) is 2. The van der Waals surface area contributed by atoms with Gasteiger partial charge in [-0.25, -0.2) is 0 Å². The summed E-state index contributed by atoms with van der Waals surface area (Å²) in [5, 5.41) is 6.23. The van der Waals surface area contributed by atoms with E-state index in [0.717, 1.165) is 0 Å². The molecule has 21 heavy (non-hydrogen) atoms.